The zero-order valence-corrected chi connectivity index (χ0v) is 13.9. The van der Waals surface area contributed by atoms with Gasteiger partial charge in [-0.1, -0.05) is 46.7 Å². The molecular weight excluding hydrogens is 352 g/mol. The summed E-state index contributed by atoms with van der Waals surface area (Å²) in [5, 5.41) is 14.5. The molecule has 0 unspecified atom stereocenters. The molecule has 0 fully saturated rings. The van der Waals surface area contributed by atoms with Crippen molar-refractivity contribution in [2.75, 3.05) is 11.9 Å². The minimum absolute atomic E-state index is 0.135. The fourth-order valence-electron chi connectivity index (χ4n) is 1.85. The fourth-order valence-corrected chi connectivity index (χ4v) is 3.42. The number of nitro groups is 1. The van der Waals surface area contributed by atoms with Crippen LogP contribution in [0.4, 0.5) is 11.4 Å². The van der Waals surface area contributed by atoms with Gasteiger partial charge in [-0.3, -0.25) is 10.1 Å². The van der Waals surface area contributed by atoms with Crippen molar-refractivity contribution in [3.63, 3.8) is 0 Å². The fraction of sp³-hybridized carbons (Fsp3) is 0.200. The maximum Gasteiger partial charge on any atom is 0.306 e. The SMILES string of the molecule is CCCNc1cccc(Sc2cccc(Br)c2)c1[N+](=O)[O-]. The van der Waals surface area contributed by atoms with Gasteiger partial charge in [-0.15, -0.1) is 0 Å². The van der Waals surface area contributed by atoms with Crippen LogP contribution >= 0.6 is 27.7 Å². The zero-order chi connectivity index (χ0) is 15.2. The van der Waals surface area contributed by atoms with E-state index in [0.717, 1.165) is 15.8 Å². The van der Waals surface area contributed by atoms with Gasteiger partial charge in [0, 0.05) is 15.9 Å². The first-order valence-corrected chi connectivity index (χ1v) is 8.17. The summed E-state index contributed by atoms with van der Waals surface area (Å²) in [5.41, 5.74) is 0.706. The van der Waals surface area contributed by atoms with Gasteiger partial charge in [0.05, 0.1) is 9.82 Å². The third-order valence-corrected chi connectivity index (χ3v) is 4.30. The quantitative estimate of drug-likeness (QED) is 0.554. The lowest BCUT2D eigenvalue weighted by Crippen LogP contribution is -2.03. The summed E-state index contributed by atoms with van der Waals surface area (Å²) in [5.74, 6) is 0. The van der Waals surface area contributed by atoms with Gasteiger partial charge in [-0.05, 0) is 36.8 Å². The van der Waals surface area contributed by atoms with E-state index in [2.05, 4.69) is 21.2 Å². The molecule has 2 aromatic carbocycles. The molecule has 0 spiro atoms. The lowest BCUT2D eigenvalue weighted by Gasteiger charge is -2.09. The zero-order valence-electron chi connectivity index (χ0n) is 11.5. The smallest absolute Gasteiger partial charge is 0.306 e. The Hall–Kier alpha value is -1.53. The molecule has 21 heavy (non-hydrogen) atoms. The molecule has 0 aromatic heterocycles. The minimum atomic E-state index is -0.321. The summed E-state index contributed by atoms with van der Waals surface area (Å²) in [7, 11) is 0. The first-order chi connectivity index (χ1) is 10.1. The van der Waals surface area contributed by atoms with Crippen molar-refractivity contribution in [1.82, 2.24) is 0 Å². The molecule has 2 aromatic rings. The van der Waals surface area contributed by atoms with E-state index in [-0.39, 0.29) is 10.6 Å². The van der Waals surface area contributed by atoms with Crippen LogP contribution in [0.15, 0.2) is 56.7 Å². The number of hydrogen-bond acceptors (Lipinski definition) is 4. The molecule has 0 aliphatic heterocycles. The highest BCUT2D eigenvalue weighted by Gasteiger charge is 2.20. The van der Waals surface area contributed by atoms with Crippen molar-refractivity contribution in [1.29, 1.82) is 0 Å². The molecule has 0 bridgehead atoms. The largest absolute Gasteiger partial charge is 0.379 e. The van der Waals surface area contributed by atoms with Gasteiger partial charge in [-0.25, -0.2) is 0 Å². The second kappa shape index (κ2) is 7.47. The Labute approximate surface area is 136 Å². The third kappa shape index (κ3) is 4.22. The van der Waals surface area contributed by atoms with Gasteiger partial charge in [0.1, 0.15) is 5.69 Å². The highest BCUT2D eigenvalue weighted by molar-refractivity contribution is 9.10. The maximum absolute atomic E-state index is 11.4. The number of hydrogen-bond donors (Lipinski definition) is 1. The summed E-state index contributed by atoms with van der Waals surface area (Å²) in [6.07, 6.45) is 0.917. The first-order valence-electron chi connectivity index (χ1n) is 6.56. The van der Waals surface area contributed by atoms with Crippen LogP contribution in [0, 0.1) is 10.1 Å². The number of halogens is 1. The van der Waals surface area contributed by atoms with Crippen LogP contribution in [-0.4, -0.2) is 11.5 Å². The van der Waals surface area contributed by atoms with E-state index in [0.29, 0.717) is 17.1 Å². The predicted molar refractivity (Wildman–Crippen MR) is 90.1 cm³/mol. The summed E-state index contributed by atoms with van der Waals surface area (Å²) in [4.78, 5) is 12.7. The van der Waals surface area contributed by atoms with E-state index in [4.69, 9.17) is 0 Å². The average Bonchev–Trinajstić information content (AvgIpc) is 2.45. The first kappa shape index (κ1) is 15.9. The van der Waals surface area contributed by atoms with Gasteiger partial charge in [0.25, 0.3) is 0 Å². The van der Waals surface area contributed by atoms with Crippen LogP contribution in [0.2, 0.25) is 0 Å². The molecule has 0 atom stereocenters. The van der Waals surface area contributed by atoms with Crippen LogP contribution in [0.1, 0.15) is 13.3 Å². The molecule has 4 nitrogen and oxygen atoms in total. The molecule has 110 valence electrons. The molecule has 2 rings (SSSR count). The molecule has 0 heterocycles. The standard InChI is InChI=1S/C15H15BrN2O2S/c1-2-9-17-13-7-4-8-14(15(13)18(19)20)21-12-6-3-5-11(16)10-12/h3-8,10,17H,2,9H2,1H3. The van der Waals surface area contributed by atoms with Gasteiger partial charge in [0.15, 0.2) is 0 Å². The molecular formula is C15H15BrN2O2S. The number of para-hydroxylation sites is 1. The molecule has 0 aliphatic rings. The molecule has 0 saturated heterocycles. The lowest BCUT2D eigenvalue weighted by atomic mass is 10.2. The highest BCUT2D eigenvalue weighted by atomic mass is 79.9. The van der Waals surface area contributed by atoms with Crippen molar-refractivity contribution in [2.45, 2.75) is 23.1 Å². The van der Waals surface area contributed by atoms with E-state index >= 15 is 0 Å². The Morgan fingerprint density at radius 1 is 1.29 bits per heavy atom. The van der Waals surface area contributed by atoms with Gasteiger partial charge in [-0.2, -0.15) is 0 Å². The number of rotatable bonds is 6. The molecule has 6 heteroatoms. The number of anilines is 1. The average molecular weight is 367 g/mol. The van der Waals surface area contributed by atoms with Crippen molar-refractivity contribution in [2.24, 2.45) is 0 Å². The Morgan fingerprint density at radius 2 is 2.05 bits per heavy atom. The number of benzene rings is 2. The van der Waals surface area contributed by atoms with E-state index in [1.54, 1.807) is 12.1 Å². The van der Waals surface area contributed by atoms with Crippen LogP contribution in [0.5, 0.6) is 0 Å². The number of nitrogens with zero attached hydrogens (tertiary/aromatic N) is 1. The Bertz CT molecular complexity index is 649. The van der Waals surface area contributed by atoms with Crippen LogP contribution < -0.4 is 5.32 Å². The van der Waals surface area contributed by atoms with Gasteiger partial charge in [0.2, 0.25) is 0 Å². The van der Waals surface area contributed by atoms with E-state index in [1.165, 1.54) is 11.8 Å². The normalized spacial score (nSPS) is 10.4. The molecule has 1 N–H and O–H groups in total. The highest BCUT2D eigenvalue weighted by Crippen LogP contribution is 2.39. The Balaban J connectivity index is 2.36. The van der Waals surface area contributed by atoms with Crippen molar-refractivity contribution >= 4 is 39.1 Å². The summed E-state index contributed by atoms with van der Waals surface area (Å²) in [6, 6.07) is 13.1. The molecule has 0 aliphatic carbocycles. The molecule has 0 amide bonds. The van der Waals surface area contributed by atoms with E-state index in [9.17, 15) is 10.1 Å². The minimum Gasteiger partial charge on any atom is -0.379 e. The Kier molecular flexibility index (Phi) is 5.64. The molecule has 0 saturated carbocycles. The van der Waals surface area contributed by atoms with E-state index in [1.807, 2.05) is 37.3 Å². The lowest BCUT2D eigenvalue weighted by molar-refractivity contribution is -0.386. The van der Waals surface area contributed by atoms with Crippen molar-refractivity contribution in [3.05, 3.63) is 57.1 Å². The summed E-state index contributed by atoms with van der Waals surface area (Å²) < 4.78 is 0.954. The van der Waals surface area contributed by atoms with Gasteiger partial charge < -0.3 is 5.32 Å². The summed E-state index contributed by atoms with van der Waals surface area (Å²) in [6.45, 7) is 2.74. The second-order valence-electron chi connectivity index (χ2n) is 4.40. The van der Waals surface area contributed by atoms with Crippen LogP contribution in [-0.2, 0) is 0 Å². The number of nitro benzene ring substituents is 1. The van der Waals surface area contributed by atoms with Gasteiger partial charge >= 0.3 is 5.69 Å². The predicted octanol–water partition coefficient (Wildman–Crippen LogP) is 5.33. The van der Waals surface area contributed by atoms with Crippen LogP contribution in [0.25, 0.3) is 0 Å². The Morgan fingerprint density at radius 3 is 2.71 bits per heavy atom. The third-order valence-electron chi connectivity index (χ3n) is 2.77. The topological polar surface area (TPSA) is 55.2 Å². The second-order valence-corrected chi connectivity index (χ2v) is 6.43. The summed E-state index contributed by atoms with van der Waals surface area (Å²) >= 11 is 4.80. The van der Waals surface area contributed by atoms with Crippen molar-refractivity contribution < 1.29 is 4.92 Å². The monoisotopic (exact) mass is 366 g/mol. The number of nitrogens with one attached hydrogen (secondary N) is 1. The molecule has 0 radical (unpaired) electrons. The van der Waals surface area contributed by atoms with Crippen LogP contribution in [0.3, 0.4) is 0 Å². The van der Waals surface area contributed by atoms with E-state index < -0.39 is 0 Å². The van der Waals surface area contributed by atoms with Crippen molar-refractivity contribution in [3.8, 4) is 0 Å². The maximum atomic E-state index is 11.4.